The van der Waals surface area contributed by atoms with Crippen molar-refractivity contribution in [2.75, 3.05) is 29.8 Å². The van der Waals surface area contributed by atoms with Gasteiger partial charge in [-0.15, -0.1) is 0 Å². The molecule has 2 aromatic rings. The third-order valence-electron chi connectivity index (χ3n) is 3.98. The number of pyridine rings is 1. The molecule has 0 saturated heterocycles. The van der Waals surface area contributed by atoms with E-state index in [0.29, 0.717) is 17.0 Å². The molecule has 2 rings (SSSR count). The number of hydrogen-bond acceptors (Lipinski definition) is 5. The van der Waals surface area contributed by atoms with Crippen LogP contribution in [0.5, 0.6) is 5.75 Å². The highest BCUT2D eigenvalue weighted by Gasteiger charge is 2.18. The predicted octanol–water partition coefficient (Wildman–Crippen LogP) is 3.83. The molecule has 7 heteroatoms. The van der Waals surface area contributed by atoms with Crippen molar-refractivity contribution < 1.29 is 13.2 Å². The first kappa shape index (κ1) is 20.0. The van der Waals surface area contributed by atoms with Crippen molar-refractivity contribution in [2.45, 2.75) is 38.5 Å². The molecular weight excluding hydrogens is 350 g/mol. The van der Waals surface area contributed by atoms with Gasteiger partial charge in [0.2, 0.25) is 0 Å². The summed E-state index contributed by atoms with van der Waals surface area (Å²) in [6.45, 7) is 7.85. The van der Waals surface area contributed by atoms with Gasteiger partial charge < -0.3 is 9.64 Å². The number of benzene rings is 1. The van der Waals surface area contributed by atoms with E-state index in [0.717, 1.165) is 31.7 Å². The number of ether oxygens (including phenoxy) is 1. The molecule has 0 amide bonds. The van der Waals surface area contributed by atoms with Crippen molar-refractivity contribution in [3.63, 3.8) is 0 Å². The topological polar surface area (TPSA) is 71.5 Å². The summed E-state index contributed by atoms with van der Waals surface area (Å²) in [6.07, 6.45) is 3.63. The van der Waals surface area contributed by atoms with Gasteiger partial charge in [-0.3, -0.25) is 4.72 Å². The smallest absolute Gasteiger partial charge is 0.262 e. The molecule has 0 bridgehead atoms. The van der Waals surface area contributed by atoms with E-state index < -0.39 is 10.0 Å². The average Bonchev–Trinajstić information content (AvgIpc) is 2.61. The molecule has 0 spiro atoms. The molecule has 0 aliphatic rings. The van der Waals surface area contributed by atoms with Gasteiger partial charge >= 0.3 is 0 Å². The van der Waals surface area contributed by atoms with Crippen LogP contribution in [-0.4, -0.2) is 33.6 Å². The number of aromatic nitrogens is 1. The van der Waals surface area contributed by atoms with Gasteiger partial charge in [-0.05, 0) is 55.7 Å². The minimum atomic E-state index is -3.68. The van der Waals surface area contributed by atoms with Crippen LogP contribution in [0.1, 0.15) is 32.3 Å². The van der Waals surface area contributed by atoms with Crippen molar-refractivity contribution in [1.82, 2.24) is 4.98 Å². The van der Waals surface area contributed by atoms with E-state index in [1.165, 1.54) is 0 Å². The average molecular weight is 378 g/mol. The normalized spacial score (nSPS) is 11.2. The van der Waals surface area contributed by atoms with E-state index in [2.05, 4.69) is 28.5 Å². The second-order valence-corrected chi connectivity index (χ2v) is 7.78. The molecule has 1 heterocycles. The Morgan fingerprint density at radius 2 is 1.81 bits per heavy atom. The number of anilines is 2. The number of rotatable bonds is 9. The number of nitrogens with one attached hydrogen (secondary N) is 1. The zero-order valence-corrected chi connectivity index (χ0v) is 16.6. The molecule has 1 aromatic carbocycles. The summed E-state index contributed by atoms with van der Waals surface area (Å²) in [5, 5.41) is 0. The third kappa shape index (κ3) is 4.88. The SMILES string of the molecule is CCCN(CCC)c1ccc(NS(=O)(=O)c2ccc(OC)cc2C)cn1. The second kappa shape index (κ2) is 8.89. The van der Waals surface area contributed by atoms with Gasteiger partial charge in [0.05, 0.1) is 23.9 Å². The first-order valence-corrected chi connectivity index (χ1v) is 10.3. The fraction of sp³-hybridized carbons (Fsp3) is 0.421. The summed E-state index contributed by atoms with van der Waals surface area (Å²) in [4.78, 5) is 6.85. The minimum Gasteiger partial charge on any atom is -0.497 e. The summed E-state index contributed by atoms with van der Waals surface area (Å²) in [6, 6.07) is 8.48. The Labute approximate surface area is 156 Å². The van der Waals surface area contributed by atoms with E-state index >= 15 is 0 Å². The molecule has 1 N–H and O–H groups in total. The van der Waals surface area contributed by atoms with Crippen LogP contribution in [0.2, 0.25) is 0 Å². The molecular formula is C19H27N3O3S. The zero-order chi connectivity index (χ0) is 19.2. The lowest BCUT2D eigenvalue weighted by Crippen LogP contribution is -2.25. The number of methoxy groups -OCH3 is 1. The van der Waals surface area contributed by atoms with E-state index in [-0.39, 0.29) is 4.90 Å². The van der Waals surface area contributed by atoms with E-state index in [1.807, 2.05) is 6.07 Å². The summed E-state index contributed by atoms with van der Waals surface area (Å²) in [7, 11) is -2.13. The van der Waals surface area contributed by atoms with Crippen molar-refractivity contribution in [2.24, 2.45) is 0 Å². The first-order valence-electron chi connectivity index (χ1n) is 8.79. The van der Waals surface area contributed by atoms with Gasteiger partial charge in [0.15, 0.2) is 0 Å². The summed E-state index contributed by atoms with van der Waals surface area (Å²) < 4.78 is 33.0. The monoisotopic (exact) mass is 377 g/mol. The van der Waals surface area contributed by atoms with Crippen LogP contribution >= 0.6 is 0 Å². The number of nitrogens with zero attached hydrogens (tertiary/aromatic N) is 2. The summed E-state index contributed by atoms with van der Waals surface area (Å²) in [5.41, 5.74) is 1.07. The molecule has 26 heavy (non-hydrogen) atoms. The van der Waals surface area contributed by atoms with Crippen LogP contribution in [0.25, 0.3) is 0 Å². The Morgan fingerprint density at radius 1 is 1.12 bits per heavy atom. The predicted molar refractivity (Wildman–Crippen MR) is 106 cm³/mol. The van der Waals surface area contributed by atoms with Crippen molar-refractivity contribution in [1.29, 1.82) is 0 Å². The lowest BCUT2D eigenvalue weighted by atomic mass is 10.2. The molecule has 0 radical (unpaired) electrons. The molecule has 0 fully saturated rings. The van der Waals surface area contributed by atoms with Crippen LogP contribution in [-0.2, 0) is 10.0 Å². The Morgan fingerprint density at radius 3 is 2.31 bits per heavy atom. The van der Waals surface area contributed by atoms with Gasteiger partial charge in [0, 0.05) is 13.1 Å². The Bertz CT molecular complexity index is 814. The fourth-order valence-corrected chi connectivity index (χ4v) is 4.05. The number of aryl methyl sites for hydroxylation is 1. The van der Waals surface area contributed by atoms with Gasteiger partial charge in [0.25, 0.3) is 10.0 Å². The van der Waals surface area contributed by atoms with Crippen LogP contribution in [0.3, 0.4) is 0 Å². The highest BCUT2D eigenvalue weighted by molar-refractivity contribution is 7.92. The van der Waals surface area contributed by atoms with Crippen molar-refractivity contribution in [3.05, 3.63) is 42.1 Å². The highest BCUT2D eigenvalue weighted by atomic mass is 32.2. The maximum atomic E-state index is 12.7. The molecule has 142 valence electrons. The Kier molecular flexibility index (Phi) is 6.85. The molecule has 0 unspecified atom stereocenters. The molecule has 6 nitrogen and oxygen atoms in total. The largest absolute Gasteiger partial charge is 0.497 e. The molecule has 0 saturated carbocycles. The lowest BCUT2D eigenvalue weighted by molar-refractivity contribution is 0.414. The summed E-state index contributed by atoms with van der Waals surface area (Å²) >= 11 is 0. The summed E-state index contributed by atoms with van der Waals surface area (Å²) in [5.74, 6) is 1.48. The highest BCUT2D eigenvalue weighted by Crippen LogP contribution is 2.24. The fourth-order valence-electron chi connectivity index (χ4n) is 2.77. The van der Waals surface area contributed by atoms with Crippen LogP contribution in [0, 0.1) is 6.92 Å². The van der Waals surface area contributed by atoms with E-state index in [9.17, 15) is 8.42 Å². The molecule has 0 atom stereocenters. The Balaban J connectivity index is 2.19. The minimum absolute atomic E-state index is 0.223. The number of sulfonamides is 1. The second-order valence-electron chi connectivity index (χ2n) is 6.13. The van der Waals surface area contributed by atoms with E-state index in [1.54, 1.807) is 44.5 Å². The maximum absolute atomic E-state index is 12.7. The first-order chi connectivity index (χ1) is 12.4. The quantitative estimate of drug-likeness (QED) is 0.719. The lowest BCUT2D eigenvalue weighted by Gasteiger charge is -2.22. The molecule has 0 aliphatic heterocycles. The van der Waals surface area contributed by atoms with Crippen LogP contribution < -0.4 is 14.4 Å². The van der Waals surface area contributed by atoms with Gasteiger partial charge in [-0.2, -0.15) is 0 Å². The van der Waals surface area contributed by atoms with Crippen molar-refractivity contribution in [3.8, 4) is 5.75 Å². The van der Waals surface area contributed by atoms with Gasteiger partial charge in [-0.1, -0.05) is 13.8 Å². The van der Waals surface area contributed by atoms with Gasteiger partial charge in [-0.25, -0.2) is 13.4 Å². The van der Waals surface area contributed by atoms with Crippen LogP contribution in [0.4, 0.5) is 11.5 Å². The zero-order valence-electron chi connectivity index (χ0n) is 15.8. The number of hydrogen-bond donors (Lipinski definition) is 1. The van der Waals surface area contributed by atoms with Crippen molar-refractivity contribution >= 4 is 21.5 Å². The van der Waals surface area contributed by atoms with Crippen LogP contribution in [0.15, 0.2) is 41.4 Å². The maximum Gasteiger partial charge on any atom is 0.262 e. The standard InChI is InChI=1S/C19H27N3O3S/c1-5-11-22(12-6-2)19-10-7-16(14-20-19)21-26(23,24)18-9-8-17(25-4)13-15(18)3/h7-10,13-14,21H,5-6,11-12H2,1-4H3. The molecule has 0 aliphatic carbocycles. The molecule has 1 aromatic heterocycles. The van der Waals surface area contributed by atoms with Gasteiger partial charge in [0.1, 0.15) is 11.6 Å². The third-order valence-corrected chi connectivity index (χ3v) is 5.52. The Hall–Kier alpha value is -2.28. The van der Waals surface area contributed by atoms with E-state index in [4.69, 9.17) is 4.74 Å².